The van der Waals surface area contributed by atoms with Crippen LogP contribution in [-0.4, -0.2) is 4.98 Å². The molecule has 1 aromatic carbocycles. The van der Waals surface area contributed by atoms with E-state index in [9.17, 15) is 8.78 Å². The van der Waals surface area contributed by atoms with Crippen LogP contribution in [0.15, 0.2) is 36.5 Å². The maximum atomic E-state index is 13.3. The molecule has 0 atom stereocenters. The minimum Gasteiger partial charge on any atom is -0.225 e. The molecule has 1 fully saturated rings. The Morgan fingerprint density at radius 1 is 0.958 bits per heavy atom. The summed E-state index contributed by atoms with van der Waals surface area (Å²) in [6.07, 6.45) is 10.6. The van der Waals surface area contributed by atoms with Gasteiger partial charge in [0.1, 0.15) is 0 Å². The van der Waals surface area contributed by atoms with E-state index in [1.54, 1.807) is 0 Å². The fourth-order valence-corrected chi connectivity index (χ4v) is 3.74. The average molecular weight is 329 g/mol. The van der Waals surface area contributed by atoms with Crippen LogP contribution in [0.2, 0.25) is 0 Å². The van der Waals surface area contributed by atoms with Crippen LogP contribution in [0.1, 0.15) is 51.0 Å². The second-order valence-electron chi connectivity index (χ2n) is 7.03. The van der Waals surface area contributed by atoms with Gasteiger partial charge >= 0.3 is 0 Å². The first-order chi connectivity index (χ1) is 11.7. The molecule has 3 rings (SSSR count). The van der Waals surface area contributed by atoms with Crippen molar-refractivity contribution in [3.8, 4) is 11.1 Å². The predicted molar refractivity (Wildman–Crippen MR) is 93.6 cm³/mol. The molecule has 0 saturated heterocycles. The quantitative estimate of drug-likeness (QED) is 0.597. The summed E-state index contributed by atoms with van der Waals surface area (Å²) in [5.74, 6) is -0.138. The normalized spacial score (nSPS) is 21.0. The number of hydrogen-bond donors (Lipinski definition) is 0. The number of benzene rings is 1. The van der Waals surface area contributed by atoms with Crippen molar-refractivity contribution >= 4 is 0 Å². The molecular weight excluding hydrogens is 304 g/mol. The number of nitrogens with zero attached hydrogens (tertiary/aromatic N) is 1. The van der Waals surface area contributed by atoms with Crippen molar-refractivity contribution in [3.63, 3.8) is 0 Å². The summed E-state index contributed by atoms with van der Waals surface area (Å²) in [5.41, 5.74) is 2.79. The second-order valence-corrected chi connectivity index (χ2v) is 7.03. The van der Waals surface area contributed by atoms with Gasteiger partial charge < -0.3 is 0 Å². The number of pyridine rings is 1. The Morgan fingerprint density at radius 3 is 2.25 bits per heavy atom. The molecule has 0 N–H and O–H groups in total. The van der Waals surface area contributed by atoms with Crippen molar-refractivity contribution in [2.24, 2.45) is 11.8 Å². The zero-order chi connectivity index (χ0) is 16.9. The lowest BCUT2D eigenvalue weighted by Crippen LogP contribution is -2.14. The van der Waals surface area contributed by atoms with E-state index in [0.29, 0.717) is 5.56 Å². The highest BCUT2D eigenvalue weighted by molar-refractivity contribution is 5.62. The molecule has 128 valence electrons. The van der Waals surface area contributed by atoms with Crippen LogP contribution in [0.5, 0.6) is 0 Å². The predicted octanol–water partition coefficient (Wildman–Crippen LogP) is 6.18. The number of rotatable bonds is 5. The van der Waals surface area contributed by atoms with Gasteiger partial charge in [0.05, 0.1) is 0 Å². The monoisotopic (exact) mass is 329 g/mol. The van der Waals surface area contributed by atoms with Gasteiger partial charge in [-0.05, 0) is 41.9 Å². The van der Waals surface area contributed by atoms with E-state index in [-0.39, 0.29) is 0 Å². The summed E-state index contributed by atoms with van der Waals surface area (Å²) in [6.45, 7) is 2.30. The summed E-state index contributed by atoms with van der Waals surface area (Å²) in [5, 5.41) is 0. The molecule has 0 radical (unpaired) electrons. The number of hydrogen-bond acceptors (Lipinski definition) is 1. The molecule has 2 aromatic rings. The van der Waals surface area contributed by atoms with E-state index in [4.69, 9.17) is 0 Å². The first kappa shape index (κ1) is 17.1. The summed E-state index contributed by atoms with van der Waals surface area (Å²) in [6, 6.07) is 9.32. The van der Waals surface area contributed by atoms with Gasteiger partial charge in [0.25, 0.3) is 0 Å². The molecule has 3 heteroatoms. The number of halogens is 2. The van der Waals surface area contributed by atoms with Gasteiger partial charge in [-0.25, -0.2) is 9.37 Å². The van der Waals surface area contributed by atoms with E-state index < -0.39 is 11.8 Å². The molecule has 1 aliphatic rings. The molecule has 0 unspecified atom stereocenters. The SMILES string of the molecule is CC[C@H]1CC[C@H](CCc2ccc(-c3cnc(F)c(F)c3)cc2)CC1. The first-order valence-electron chi connectivity index (χ1n) is 9.06. The summed E-state index contributed by atoms with van der Waals surface area (Å²) < 4.78 is 26.2. The molecule has 0 spiro atoms. The highest BCUT2D eigenvalue weighted by Gasteiger charge is 2.19. The van der Waals surface area contributed by atoms with E-state index in [0.717, 1.165) is 23.8 Å². The third-order valence-corrected chi connectivity index (χ3v) is 5.47. The molecule has 1 nitrogen and oxygen atoms in total. The van der Waals surface area contributed by atoms with Crippen LogP contribution >= 0.6 is 0 Å². The number of aryl methyl sites for hydroxylation is 1. The first-order valence-corrected chi connectivity index (χ1v) is 9.06. The summed E-state index contributed by atoms with van der Waals surface area (Å²) in [4.78, 5) is 3.45. The second kappa shape index (κ2) is 7.87. The average Bonchev–Trinajstić information content (AvgIpc) is 2.63. The van der Waals surface area contributed by atoms with Gasteiger partial charge in [0.15, 0.2) is 5.82 Å². The molecule has 1 saturated carbocycles. The Morgan fingerprint density at radius 2 is 1.62 bits per heavy atom. The van der Waals surface area contributed by atoms with Crippen LogP contribution in [0.3, 0.4) is 0 Å². The Bertz CT molecular complexity index is 658. The van der Waals surface area contributed by atoms with Gasteiger partial charge in [-0.15, -0.1) is 0 Å². The Labute approximate surface area is 143 Å². The van der Waals surface area contributed by atoms with Gasteiger partial charge in [-0.2, -0.15) is 4.39 Å². The van der Waals surface area contributed by atoms with Gasteiger partial charge in [-0.3, -0.25) is 0 Å². The topological polar surface area (TPSA) is 12.9 Å². The Kier molecular flexibility index (Phi) is 5.60. The lowest BCUT2D eigenvalue weighted by Gasteiger charge is -2.27. The standard InChI is InChI=1S/C21H25F2N/c1-2-15-3-5-16(6-4-15)7-8-17-9-11-18(12-10-17)19-13-20(22)21(23)24-14-19/h9-16H,2-8H2,1H3/t15-,16-. The molecular formula is C21H25F2N. The van der Waals surface area contributed by atoms with Crippen molar-refractivity contribution in [2.75, 3.05) is 0 Å². The highest BCUT2D eigenvalue weighted by Crippen LogP contribution is 2.33. The largest absolute Gasteiger partial charge is 0.248 e. The molecule has 24 heavy (non-hydrogen) atoms. The maximum Gasteiger partial charge on any atom is 0.248 e. The lowest BCUT2D eigenvalue weighted by molar-refractivity contribution is 0.259. The summed E-state index contributed by atoms with van der Waals surface area (Å²) in [7, 11) is 0. The van der Waals surface area contributed by atoms with Crippen LogP contribution in [0.25, 0.3) is 11.1 Å². The third-order valence-electron chi connectivity index (χ3n) is 5.47. The highest BCUT2D eigenvalue weighted by atomic mass is 19.2. The zero-order valence-electron chi connectivity index (χ0n) is 14.3. The van der Waals surface area contributed by atoms with E-state index in [2.05, 4.69) is 24.0 Å². The maximum absolute atomic E-state index is 13.3. The van der Waals surface area contributed by atoms with Crippen molar-refractivity contribution in [2.45, 2.75) is 51.9 Å². The van der Waals surface area contributed by atoms with Crippen molar-refractivity contribution in [1.29, 1.82) is 0 Å². The van der Waals surface area contributed by atoms with Gasteiger partial charge in [0.2, 0.25) is 5.95 Å². The van der Waals surface area contributed by atoms with Crippen LogP contribution in [0.4, 0.5) is 8.78 Å². The summed E-state index contributed by atoms with van der Waals surface area (Å²) >= 11 is 0. The van der Waals surface area contributed by atoms with Gasteiger partial charge in [-0.1, -0.05) is 63.3 Å². The molecule has 0 bridgehead atoms. The van der Waals surface area contributed by atoms with Gasteiger partial charge in [0, 0.05) is 11.8 Å². The molecule has 1 aromatic heterocycles. The minimum atomic E-state index is -1.05. The Hall–Kier alpha value is -1.77. The molecule has 1 heterocycles. The van der Waals surface area contributed by atoms with Crippen LogP contribution in [0, 0.1) is 23.6 Å². The van der Waals surface area contributed by atoms with E-state index in [1.807, 2.05) is 12.1 Å². The van der Waals surface area contributed by atoms with E-state index in [1.165, 1.54) is 56.4 Å². The number of aromatic nitrogens is 1. The fraction of sp³-hybridized carbons (Fsp3) is 0.476. The van der Waals surface area contributed by atoms with E-state index >= 15 is 0 Å². The smallest absolute Gasteiger partial charge is 0.225 e. The zero-order valence-corrected chi connectivity index (χ0v) is 14.3. The fourth-order valence-electron chi connectivity index (χ4n) is 3.74. The Balaban J connectivity index is 1.56. The van der Waals surface area contributed by atoms with Crippen molar-refractivity contribution < 1.29 is 8.78 Å². The van der Waals surface area contributed by atoms with Crippen molar-refractivity contribution in [3.05, 3.63) is 53.9 Å². The minimum absolute atomic E-state index is 0.610. The van der Waals surface area contributed by atoms with Crippen LogP contribution in [-0.2, 0) is 6.42 Å². The molecule has 1 aliphatic carbocycles. The van der Waals surface area contributed by atoms with Crippen molar-refractivity contribution in [1.82, 2.24) is 4.98 Å². The molecule has 0 amide bonds. The lowest BCUT2D eigenvalue weighted by atomic mass is 9.78. The van der Waals surface area contributed by atoms with Crippen LogP contribution < -0.4 is 0 Å². The molecule has 0 aliphatic heterocycles. The third kappa shape index (κ3) is 4.19.